The minimum Gasteiger partial charge on any atom is -0.377 e. The minimum atomic E-state index is 0.219. The first kappa shape index (κ1) is 11.9. The first-order chi connectivity index (χ1) is 8.15. The number of piperidine rings is 1. The van der Waals surface area contributed by atoms with Crippen LogP contribution in [0.5, 0.6) is 0 Å². The summed E-state index contributed by atoms with van der Waals surface area (Å²) in [4.78, 5) is 0. The topological polar surface area (TPSA) is 33.3 Å². The van der Waals surface area contributed by atoms with Gasteiger partial charge >= 0.3 is 0 Å². The van der Waals surface area contributed by atoms with Gasteiger partial charge < -0.3 is 15.4 Å². The summed E-state index contributed by atoms with van der Waals surface area (Å²) in [5.74, 6) is 0.925. The van der Waals surface area contributed by atoms with E-state index in [1.165, 1.54) is 38.9 Å². The fourth-order valence-corrected chi connectivity index (χ4v) is 3.68. The van der Waals surface area contributed by atoms with Crippen LogP contribution < -0.4 is 10.6 Å². The van der Waals surface area contributed by atoms with Gasteiger partial charge in [0, 0.05) is 12.1 Å². The molecule has 0 radical (unpaired) electrons. The molecule has 1 aliphatic carbocycles. The molecule has 17 heavy (non-hydrogen) atoms. The zero-order valence-corrected chi connectivity index (χ0v) is 11.2. The molecule has 3 unspecified atom stereocenters. The molecular weight excluding hydrogens is 212 g/mol. The highest BCUT2D eigenvalue weighted by molar-refractivity contribution is 5.06. The Kier molecular flexibility index (Phi) is 2.96. The number of hydrogen-bond donors (Lipinski definition) is 2. The summed E-state index contributed by atoms with van der Waals surface area (Å²) in [6.45, 7) is 9.10. The van der Waals surface area contributed by atoms with Crippen LogP contribution in [-0.2, 0) is 4.74 Å². The van der Waals surface area contributed by atoms with Crippen LogP contribution in [0.15, 0.2) is 0 Å². The Balaban J connectivity index is 1.49. The summed E-state index contributed by atoms with van der Waals surface area (Å²) in [5.41, 5.74) is 0.925. The Morgan fingerprint density at radius 2 is 2.06 bits per heavy atom. The summed E-state index contributed by atoms with van der Waals surface area (Å²) in [6, 6.07) is 0. The van der Waals surface area contributed by atoms with E-state index in [9.17, 15) is 0 Å². The summed E-state index contributed by atoms with van der Waals surface area (Å²) < 4.78 is 5.69. The van der Waals surface area contributed by atoms with Gasteiger partial charge in [-0.1, -0.05) is 0 Å². The van der Waals surface area contributed by atoms with E-state index in [4.69, 9.17) is 4.74 Å². The van der Waals surface area contributed by atoms with Gasteiger partial charge in [0.05, 0.1) is 6.10 Å². The Hall–Kier alpha value is -0.120. The van der Waals surface area contributed by atoms with Crippen LogP contribution >= 0.6 is 0 Å². The highest BCUT2D eigenvalue weighted by Gasteiger charge is 2.54. The molecule has 0 aromatic rings. The molecule has 2 saturated heterocycles. The minimum absolute atomic E-state index is 0.219. The molecular formula is C14H26N2O. The van der Waals surface area contributed by atoms with Gasteiger partial charge in [0.25, 0.3) is 0 Å². The van der Waals surface area contributed by atoms with Crippen LogP contribution in [-0.4, -0.2) is 37.9 Å². The maximum absolute atomic E-state index is 5.69. The van der Waals surface area contributed by atoms with Crippen LogP contribution in [0.3, 0.4) is 0 Å². The Labute approximate surface area is 105 Å². The van der Waals surface area contributed by atoms with Crippen LogP contribution in [0.1, 0.15) is 39.5 Å². The third kappa shape index (κ3) is 2.13. The SMILES string of the molecule is CC1OCCC1(C)NCC1CC12CCNCC2. The van der Waals surface area contributed by atoms with Crippen LogP contribution in [0, 0.1) is 11.3 Å². The number of hydrogen-bond acceptors (Lipinski definition) is 3. The predicted molar refractivity (Wildman–Crippen MR) is 69.1 cm³/mol. The van der Waals surface area contributed by atoms with E-state index in [2.05, 4.69) is 24.5 Å². The lowest BCUT2D eigenvalue weighted by molar-refractivity contribution is 0.0877. The smallest absolute Gasteiger partial charge is 0.0726 e. The molecule has 3 fully saturated rings. The van der Waals surface area contributed by atoms with Gasteiger partial charge in [-0.3, -0.25) is 0 Å². The molecule has 0 aromatic heterocycles. The highest BCUT2D eigenvalue weighted by Crippen LogP contribution is 2.58. The van der Waals surface area contributed by atoms with E-state index in [1.54, 1.807) is 0 Å². The number of rotatable bonds is 3. The molecule has 0 aromatic carbocycles. The fourth-order valence-electron chi connectivity index (χ4n) is 3.68. The third-order valence-electron chi connectivity index (χ3n) is 5.60. The van der Waals surface area contributed by atoms with E-state index in [0.717, 1.165) is 18.9 Å². The van der Waals surface area contributed by atoms with Crippen molar-refractivity contribution in [2.24, 2.45) is 11.3 Å². The van der Waals surface area contributed by atoms with Crippen molar-refractivity contribution < 1.29 is 4.74 Å². The lowest BCUT2D eigenvalue weighted by Crippen LogP contribution is -2.49. The van der Waals surface area contributed by atoms with Crippen molar-refractivity contribution in [3.8, 4) is 0 Å². The van der Waals surface area contributed by atoms with Gasteiger partial charge in [0.2, 0.25) is 0 Å². The molecule has 2 heterocycles. The van der Waals surface area contributed by atoms with Crippen LogP contribution in [0.25, 0.3) is 0 Å². The van der Waals surface area contributed by atoms with Crippen molar-refractivity contribution in [2.45, 2.75) is 51.2 Å². The Morgan fingerprint density at radius 3 is 2.71 bits per heavy atom. The molecule has 3 nitrogen and oxygen atoms in total. The zero-order chi connectivity index (χ0) is 11.9. The molecule has 1 saturated carbocycles. The molecule has 3 rings (SSSR count). The molecule has 3 heteroatoms. The average molecular weight is 238 g/mol. The average Bonchev–Trinajstić information content (AvgIpc) is 2.88. The lowest BCUT2D eigenvalue weighted by Gasteiger charge is -2.30. The van der Waals surface area contributed by atoms with Gasteiger partial charge in [-0.15, -0.1) is 0 Å². The van der Waals surface area contributed by atoms with E-state index < -0.39 is 0 Å². The van der Waals surface area contributed by atoms with Crippen molar-refractivity contribution in [3.63, 3.8) is 0 Å². The third-order valence-corrected chi connectivity index (χ3v) is 5.60. The second-order valence-corrected chi connectivity index (χ2v) is 6.57. The fraction of sp³-hybridized carbons (Fsp3) is 1.00. The highest BCUT2D eigenvalue weighted by atomic mass is 16.5. The summed E-state index contributed by atoms with van der Waals surface area (Å²) in [7, 11) is 0. The zero-order valence-electron chi connectivity index (χ0n) is 11.2. The van der Waals surface area contributed by atoms with Gasteiger partial charge in [-0.25, -0.2) is 0 Å². The largest absolute Gasteiger partial charge is 0.377 e. The molecule has 2 aliphatic heterocycles. The standard InChI is InChI=1S/C14H26N2O/c1-11-13(2,5-8-17-11)16-10-12-9-14(12)3-6-15-7-4-14/h11-12,15-16H,3-10H2,1-2H3. The number of nitrogens with one attached hydrogen (secondary N) is 2. The monoisotopic (exact) mass is 238 g/mol. The molecule has 1 spiro atoms. The van der Waals surface area contributed by atoms with E-state index >= 15 is 0 Å². The number of ether oxygens (including phenoxy) is 1. The van der Waals surface area contributed by atoms with Gasteiger partial charge in [-0.05, 0) is 70.5 Å². The van der Waals surface area contributed by atoms with Crippen LogP contribution in [0.4, 0.5) is 0 Å². The van der Waals surface area contributed by atoms with E-state index in [1.807, 2.05) is 0 Å². The quantitative estimate of drug-likeness (QED) is 0.782. The first-order valence-electron chi connectivity index (χ1n) is 7.22. The molecule has 3 aliphatic rings. The molecule has 3 atom stereocenters. The second kappa shape index (κ2) is 4.22. The van der Waals surface area contributed by atoms with Crippen molar-refractivity contribution in [3.05, 3.63) is 0 Å². The van der Waals surface area contributed by atoms with Crippen molar-refractivity contribution >= 4 is 0 Å². The van der Waals surface area contributed by atoms with Gasteiger partial charge in [-0.2, -0.15) is 0 Å². The van der Waals surface area contributed by atoms with Gasteiger partial charge in [0.15, 0.2) is 0 Å². The predicted octanol–water partition coefficient (Wildman–Crippen LogP) is 1.53. The summed E-state index contributed by atoms with van der Waals surface area (Å²) >= 11 is 0. The van der Waals surface area contributed by atoms with E-state index in [-0.39, 0.29) is 5.54 Å². The summed E-state index contributed by atoms with van der Waals surface area (Å²) in [6.07, 6.45) is 5.76. The maximum atomic E-state index is 5.69. The van der Waals surface area contributed by atoms with Crippen LogP contribution in [0.2, 0.25) is 0 Å². The molecule has 98 valence electrons. The lowest BCUT2D eigenvalue weighted by atomic mass is 9.90. The molecule has 0 amide bonds. The molecule has 2 N–H and O–H groups in total. The van der Waals surface area contributed by atoms with Gasteiger partial charge in [0.1, 0.15) is 0 Å². The summed E-state index contributed by atoms with van der Waals surface area (Å²) in [5, 5.41) is 7.27. The van der Waals surface area contributed by atoms with Crippen molar-refractivity contribution in [2.75, 3.05) is 26.2 Å². The van der Waals surface area contributed by atoms with Crippen molar-refractivity contribution in [1.82, 2.24) is 10.6 Å². The normalized spacial score (nSPS) is 44.1. The second-order valence-electron chi connectivity index (χ2n) is 6.57. The molecule has 0 bridgehead atoms. The van der Waals surface area contributed by atoms with Crippen molar-refractivity contribution in [1.29, 1.82) is 0 Å². The van der Waals surface area contributed by atoms with E-state index in [0.29, 0.717) is 11.5 Å². The Bertz CT molecular complexity index is 288. The first-order valence-corrected chi connectivity index (χ1v) is 7.22. The maximum Gasteiger partial charge on any atom is 0.0726 e. The Morgan fingerprint density at radius 1 is 1.29 bits per heavy atom.